The van der Waals surface area contributed by atoms with Gasteiger partial charge >= 0.3 is 0 Å². The predicted molar refractivity (Wildman–Crippen MR) is 82.0 cm³/mol. The molecule has 0 unspecified atom stereocenters. The molecule has 1 saturated carbocycles. The number of carbonyl (C=O) groups excluding carboxylic acids is 1. The van der Waals surface area contributed by atoms with E-state index in [1.807, 2.05) is 30.3 Å². The lowest BCUT2D eigenvalue weighted by atomic mass is 10.1. The predicted octanol–water partition coefficient (Wildman–Crippen LogP) is 3.36. The third-order valence-electron chi connectivity index (χ3n) is 3.42. The number of carbonyl (C=O) groups is 1. The maximum absolute atomic E-state index is 12.0. The van der Waals surface area contributed by atoms with Crippen molar-refractivity contribution in [3.8, 4) is 0 Å². The van der Waals surface area contributed by atoms with Crippen molar-refractivity contribution in [2.45, 2.75) is 30.5 Å². The molecular weight excluding hydrogens is 318 g/mol. The van der Waals surface area contributed by atoms with Crippen molar-refractivity contribution in [2.24, 2.45) is 0 Å². The molecule has 1 aliphatic rings. The molecule has 104 valence electrons. The molecule has 0 spiro atoms. The van der Waals surface area contributed by atoms with Gasteiger partial charge in [-0.1, -0.05) is 40.2 Å². The Bertz CT molecular complexity index is 602. The molecule has 1 aromatic carbocycles. The summed E-state index contributed by atoms with van der Waals surface area (Å²) in [5, 5.41) is 10.8. The van der Waals surface area contributed by atoms with Crippen LogP contribution in [0.25, 0.3) is 0 Å². The molecule has 1 aliphatic carbocycles. The molecule has 0 radical (unpaired) electrons. The normalized spacial score (nSPS) is 14.2. The van der Waals surface area contributed by atoms with Crippen molar-refractivity contribution in [3.63, 3.8) is 0 Å². The monoisotopic (exact) mass is 333 g/mol. The summed E-state index contributed by atoms with van der Waals surface area (Å²) in [6.45, 7) is 0. The number of rotatable bonds is 5. The molecule has 5 heteroatoms. The lowest BCUT2D eigenvalue weighted by molar-refractivity contribution is -0.115. The maximum Gasteiger partial charge on any atom is 0.229 e. The summed E-state index contributed by atoms with van der Waals surface area (Å²) >= 11 is 3.41. The summed E-state index contributed by atoms with van der Waals surface area (Å²) < 4.78 is 0. The summed E-state index contributed by atoms with van der Waals surface area (Å²) in [7, 11) is 0. The largest absolute Gasteiger partial charge is 0.309 e. The first kappa shape index (κ1) is 13.4. The Morgan fingerprint density at radius 1 is 1.30 bits per heavy atom. The summed E-state index contributed by atoms with van der Waals surface area (Å²) in [4.78, 5) is 12.0. The van der Waals surface area contributed by atoms with Gasteiger partial charge in [0.15, 0.2) is 5.82 Å². The van der Waals surface area contributed by atoms with E-state index in [2.05, 4.69) is 31.4 Å². The van der Waals surface area contributed by atoms with Crippen LogP contribution in [0.1, 0.15) is 35.6 Å². The lowest BCUT2D eigenvalue weighted by Crippen LogP contribution is -2.14. The third kappa shape index (κ3) is 3.28. The van der Waals surface area contributed by atoms with Crippen LogP contribution in [-0.4, -0.2) is 16.1 Å². The van der Waals surface area contributed by atoms with Gasteiger partial charge in [0.2, 0.25) is 5.91 Å². The Hall–Kier alpha value is -1.62. The fourth-order valence-electron chi connectivity index (χ4n) is 2.12. The molecule has 1 amide bonds. The molecule has 20 heavy (non-hydrogen) atoms. The van der Waals surface area contributed by atoms with Gasteiger partial charge in [0.25, 0.3) is 0 Å². The number of alkyl halides is 1. The second-order valence-corrected chi connectivity index (χ2v) is 5.72. The average molecular weight is 334 g/mol. The second-order valence-electron chi connectivity index (χ2n) is 5.16. The number of hydrogen-bond donors (Lipinski definition) is 2. The Balaban J connectivity index is 1.57. The van der Waals surface area contributed by atoms with E-state index in [0.29, 0.717) is 18.2 Å². The van der Waals surface area contributed by atoms with Crippen molar-refractivity contribution < 1.29 is 4.79 Å². The molecule has 1 heterocycles. The van der Waals surface area contributed by atoms with Gasteiger partial charge in [-0.15, -0.1) is 0 Å². The first-order valence-corrected chi connectivity index (χ1v) is 7.85. The van der Waals surface area contributed by atoms with Gasteiger partial charge in [-0.05, 0) is 24.0 Å². The zero-order chi connectivity index (χ0) is 13.9. The van der Waals surface area contributed by atoms with E-state index in [0.717, 1.165) is 16.6 Å². The quantitative estimate of drug-likeness (QED) is 0.824. The number of benzene rings is 1. The van der Waals surface area contributed by atoms with Crippen molar-refractivity contribution >= 4 is 27.7 Å². The van der Waals surface area contributed by atoms with Crippen LogP contribution in [0.2, 0.25) is 0 Å². The molecular formula is C15H16BrN3O. The first-order valence-electron chi connectivity index (χ1n) is 6.73. The minimum atomic E-state index is -0.0366. The molecule has 1 aromatic heterocycles. The van der Waals surface area contributed by atoms with E-state index in [4.69, 9.17) is 0 Å². The van der Waals surface area contributed by atoms with Crippen LogP contribution in [0.3, 0.4) is 0 Å². The third-order valence-corrected chi connectivity index (χ3v) is 4.07. The molecule has 1 fully saturated rings. The Kier molecular flexibility index (Phi) is 3.87. The number of nitrogens with one attached hydrogen (secondary N) is 2. The van der Waals surface area contributed by atoms with Gasteiger partial charge in [-0.3, -0.25) is 9.89 Å². The van der Waals surface area contributed by atoms with Gasteiger partial charge in [0, 0.05) is 23.0 Å². The van der Waals surface area contributed by atoms with Crippen molar-refractivity contribution in [1.29, 1.82) is 0 Å². The van der Waals surface area contributed by atoms with E-state index >= 15 is 0 Å². The number of halogens is 1. The summed E-state index contributed by atoms with van der Waals surface area (Å²) in [6.07, 6.45) is 2.80. The van der Waals surface area contributed by atoms with Gasteiger partial charge < -0.3 is 5.32 Å². The number of amides is 1. The van der Waals surface area contributed by atoms with Crippen LogP contribution < -0.4 is 5.32 Å². The number of anilines is 1. The van der Waals surface area contributed by atoms with Crippen molar-refractivity contribution in [1.82, 2.24) is 10.2 Å². The highest BCUT2D eigenvalue weighted by atomic mass is 79.9. The van der Waals surface area contributed by atoms with E-state index in [-0.39, 0.29) is 5.91 Å². The minimum Gasteiger partial charge on any atom is -0.309 e. The highest BCUT2D eigenvalue weighted by molar-refractivity contribution is 9.08. The van der Waals surface area contributed by atoms with Gasteiger partial charge in [0.05, 0.1) is 6.42 Å². The molecule has 3 rings (SSSR count). The highest BCUT2D eigenvalue weighted by Gasteiger charge is 2.25. The van der Waals surface area contributed by atoms with Crippen LogP contribution in [-0.2, 0) is 16.5 Å². The lowest BCUT2D eigenvalue weighted by Gasteiger charge is -2.03. The van der Waals surface area contributed by atoms with Crippen LogP contribution >= 0.6 is 15.9 Å². The number of nitrogens with zero attached hydrogens (tertiary/aromatic N) is 1. The fourth-order valence-corrected chi connectivity index (χ4v) is 2.50. The molecule has 4 nitrogen and oxygen atoms in total. The van der Waals surface area contributed by atoms with Gasteiger partial charge in [0.1, 0.15) is 0 Å². The SMILES string of the molecule is O=C(Cc1ccc(CBr)cc1)Nc1cc(C2CC2)[nH]n1. The Morgan fingerprint density at radius 3 is 2.65 bits per heavy atom. The van der Waals surface area contributed by atoms with Gasteiger partial charge in [-0.2, -0.15) is 5.10 Å². The number of hydrogen-bond acceptors (Lipinski definition) is 2. The van der Waals surface area contributed by atoms with Crippen LogP contribution in [0.15, 0.2) is 30.3 Å². The zero-order valence-electron chi connectivity index (χ0n) is 11.0. The smallest absolute Gasteiger partial charge is 0.229 e. The van der Waals surface area contributed by atoms with Crippen LogP contribution in [0.5, 0.6) is 0 Å². The Morgan fingerprint density at radius 2 is 2.00 bits per heavy atom. The summed E-state index contributed by atoms with van der Waals surface area (Å²) in [5.41, 5.74) is 3.34. The molecule has 2 aromatic rings. The van der Waals surface area contributed by atoms with Crippen molar-refractivity contribution in [2.75, 3.05) is 5.32 Å². The number of aromatic nitrogens is 2. The molecule has 2 N–H and O–H groups in total. The minimum absolute atomic E-state index is 0.0366. The average Bonchev–Trinajstić information content (AvgIpc) is 3.20. The first-order chi connectivity index (χ1) is 9.74. The summed E-state index contributed by atoms with van der Waals surface area (Å²) in [6, 6.07) is 9.95. The molecule has 0 atom stereocenters. The topological polar surface area (TPSA) is 57.8 Å². The zero-order valence-corrected chi connectivity index (χ0v) is 12.6. The number of aromatic amines is 1. The van der Waals surface area contributed by atoms with E-state index in [1.165, 1.54) is 18.4 Å². The van der Waals surface area contributed by atoms with E-state index < -0.39 is 0 Å². The fraction of sp³-hybridized carbons (Fsp3) is 0.333. The van der Waals surface area contributed by atoms with E-state index in [1.54, 1.807) is 0 Å². The van der Waals surface area contributed by atoms with Crippen LogP contribution in [0, 0.1) is 0 Å². The summed E-state index contributed by atoms with van der Waals surface area (Å²) in [5.74, 6) is 1.20. The number of H-pyrrole nitrogens is 1. The van der Waals surface area contributed by atoms with Crippen molar-refractivity contribution in [3.05, 3.63) is 47.2 Å². The Labute approximate surface area is 126 Å². The molecule has 0 aliphatic heterocycles. The standard InChI is InChI=1S/C15H16BrN3O/c16-9-11-3-1-10(2-4-11)7-15(20)17-14-8-13(18-19-14)12-5-6-12/h1-4,8,12H,5-7,9H2,(H2,17,18,19,20). The highest BCUT2D eigenvalue weighted by Crippen LogP contribution is 2.39. The van der Waals surface area contributed by atoms with Crippen LogP contribution in [0.4, 0.5) is 5.82 Å². The molecule has 0 bridgehead atoms. The van der Waals surface area contributed by atoms with Gasteiger partial charge in [-0.25, -0.2) is 0 Å². The molecule has 0 saturated heterocycles. The second kappa shape index (κ2) is 5.79. The van der Waals surface area contributed by atoms with E-state index in [9.17, 15) is 4.79 Å². The maximum atomic E-state index is 12.0.